The summed E-state index contributed by atoms with van der Waals surface area (Å²) in [6, 6.07) is 15.5. The second-order valence-corrected chi connectivity index (χ2v) is 6.57. The molecule has 0 bridgehead atoms. The molecule has 0 fully saturated rings. The molecular weight excluding hydrogens is 326 g/mol. The molecule has 5 nitrogen and oxygen atoms in total. The van der Waals surface area contributed by atoms with Crippen LogP contribution in [0.15, 0.2) is 48.5 Å². The Morgan fingerprint density at radius 1 is 1.12 bits per heavy atom. The fourth-order valence-corrected chi connectivity index (χ4v) is 3.35. The number of carbonyl (C=O) groups is 2. The summed E-state index contributed by atoms with van der Waals surface area (Å²) in [5.74, 6) is -0.177. The van der Waals surface area contributed by atoms with Crippen molar-refractivity contribution < 1.29 is 9.59 Å². The fourth-order valence-electron chi connectivity index (χ4n) is 3.35. The number of nitrogens with one attached hydrogen (secondary N) is 3. The Morgan fingerprint density at radius 3 is 2.81 bits per heavy atom. The zero-order chi connectivity index (χ0) is 18.4. The van der Waals surface area contributed by atoms with E-state index in [2.05, 4.69) is 35.0 Å². The topological polar surface area (TPSA) is 70.2 Å². The van der Waals surface area contributed by atoms with E-state index in [1.807, 2.05) is 36.4 Å². The second kappa shape index (κ2) is 8.52. The molecule has 0 saturated heterocycles. The number of anilines is 1. The summed E-state index contributed by atoms with van der Waals surface area (Å²) in [5, 5.41) is 8.41. The highest BCUT2D eigenvalue weighted by molar-refractivity contribution is 5.92. The van der Waals surface area contributed by atoms with E-state index in [0.29, 0.717) is 0 Å². The zero-order valence-electron chi connectivity index (χ0n) is 15.0. The van der Waals surface area contributed by atoms with Gasteiger partial charge in [0, 0.05) is 5.69 Å². The molecule has 0 heterocycles. The van der Waals surface area contributed by atoms with Gasteiger partial charge in [-0.25, -0.2) is 4.79 Å². The minimum atomic E-state index is -0.377. The number of aryl methyl sites for hydroxylation is 2. The first-order chi connectivity index (χ1) is 12.7. The lowest BCUT2D eigenvalue weighted by Crippen LogP contribution is -2.41. The summed E-state index contributed by atoms with van der Waals surface area (Å²) in [6.45, 7) is 2.02. The first kappa shape index (κ1) is 18.0. The largest absolute Gasteiger partial charge is 0.348 e. The van der Waals surface area contributed by atoms with Gasteiger partial charge in [-0.15, -0.1) is 0 Å². The molecule has 1 atom stereocenters. The Balaban J connectivity index is 1.49. The molecule has 0 radical (unpaired) electrons. The molecular formula is C21H25N3O2. The van der Waals surface area contributed by atoms with E-state index >= 15 is 0 Å². The van der Waals surface area contributed by atoms with Gasteiger partial charge >= 0.3 is 6.03 Å². The highest BCUT2D eigenvalue weighted by Crippen LogP contribution is 2.29. The SMILES string of the molecule is CCc1cccc(NC(=O)NCC(=O)NC2CCCc3ccccc32)c1. The van der Waals surface area contributed by atoms with Gasteiger partial charge in [0.15, 0.2) is 0 Å². The van der Waals surface area contributed by atoms with E-state index in [0.717, 1.165) is 36.9 Å². The lowest BCUT2D eigenvalue weighted by Gasteiger charge is -2.26. The van der Waals surface area contributed by atoms with E-state index in [9.17, 15) is 9.59 Å². The fraction of sp³-hybridized carbons (Fsp3) is 0.333. The number of amides is 3. The van der Waals surface area contributed by atoms with Crippen LogP contribution in [0, 0.1) is 0 Å². The minimum absolute atomic E-state index is 0.0264. The van der Waals surface area contributed by atoms with Crippen LogP contribution in [0.2, 0.25) is 0 Å². The number of rotatable bonds is 5. The quantitative estimate of drug-likeness (QED) is 0.771. The zero-order valence-corrected chi connectivity index (χ0v) is 15.0. The molecule has 0 aliphatic heterocycles. The van der Waals surface area contributed by atoms with Gasteiger partial charge in [0.05, 0.1) is 12.6 Å². The van der Waals surface area contributed by atoms with Gasteiger partial charge in [-0.3, -0.25) is 4.79 Å². The van der Waals surface area contributed by atoms with E-state index < -0.39 is 0 Å². The number of carbonyl (C=O) groups excluding carboxylic acids is 2. The molecule has 3 N–H and O–H groups in total. The molecule has 0 aromatic heterocycles. The molecule has 1 aliphatic carbocycles. The molecule has 3 amide bonds. The van der Waals surface area contributed by atoms with Crippen molar-refractivity contribution in [1.29, 1.82) is 0 Å². The minimum Gasteiger partial charge on any atom is -0.348 e. The standard InChI is InChI=1S/C21H25N3O2/c1-2-15-7-5-10-17(13-15)23-21(26)22-14-20(25)24-19-12-6-9-16-8-3-4-11-18(16)19/h3-5,7-8,10-11,13,19H,2,6,9,12,14H2,1H3,(H,24,25)(H2,22,23,26). The van der Waals surface area contributed by atoms with Gasteiger partial charge in [-0.2, -0.15) is 0 Å². The monoisotopic (exact) mass is 351 g/mol. The Morgan fingerprint density at radius 2 is 1.96 bits per heavy atom. The van der Waals surface area contributed by atoms with Crippen molar-refractivity contribution >= 4 is 17.6 Å². The maximum atomic E-state index is 12.2. The summed E-state index contributed by atoms with van der Waals surface area (Å²) in [5.41, 5.74) is 4.36. The lowest BCUT2D eigenvalue weighted by molar-refractivity contribution is -0.120. The maximum absolute atomic E-state index is 12.2. The van der Waals surface area contributed by atoms with Gasteiger partial charge in [-0.1, -0.05) is 43.3 Å². The van der Waals surface area contributed by atoms with Crippen molar-refractivity contribution in [3.8, 4) is 0 Å². The van der Waals surface area contributed by atoms with Crippen LogP contribution >= 0.6 is 0 Å². The Labute approximate surface area is 154 Å². The van der Waals surface area contributed by atoms with Crippen molar-refractivity contribution in [2.24, 2.45) is 0 Å². The van der Waals surface area contributed by atoms with Crippen molar-refractivity contribution in [3.05, 3.63) is 65.2 Å². The third-order valence-electron chi connectivity index (χ3n) is 4.71. The van der Waals surface area contributed by atoms with Crippen LogP contribution in [-0.4, -0.2) is 18.5 Å². The summed E-state index contributed by atoms with van der Waals surface area (Å²) in [4.78, 5) is 24.2. The lowest BCUT2D eigenvalue weighted by atomic mass is 9.88. The van der Waals surface area contributed by atoms with Crippen LogP contribution < -0.4 is 16.0 Å². The molecule has 2 aromatic carbocycles. The van der Waals surface area contributed by atoms with E-state index in [1.165, 1.54) is 11.1 Å². The summed E-state index contributed by atoms with van der Waals surface area (Å²) in [7, 11) is 0. The van der Waals surface area contributed by atoms with Crippen LogP contribution in [0.3, 0.4) is 0 Å². The molecule has 3 rings (SSSR count). The Hall–Kier alpha value is -2.82. The average Bonchev–Trinajstić information content (AvgIpc) is 2.67. The van der Waals surface area contributed by atoms with Gasteiger partial charge in [-0.05, 0) is 54.5 Å². The normalized spacial score (nSPS) is 15.7. The van der Waals surface area contributed by atoms with Crippen molar-refractivity contribution in [2.45, 2.75) is 38.6 Å². The molecule has 2 aromatic rings. The molecule has 1 unspecified atom stereocenters. The second-order valence-electron chi connectivity index (χ2n) is 6.57. The van der Waals surface area contributed by atoms with E-state index in [4.69, 9.17) is 0 Å². The predicted molar refractivity (Wildman–Crippen MR) is 103 cm³/mol. The Kier molecular flexibility index (Phi) is 5.89. The smallest absolute Gasteiger partial charge is 0.319 e. The summed E-state index contributed by atoms with van der Waals surface area (Å²) >= 11 is 0. The van der Waals surface area contributed by atoms with Crippen LogP contribution in [0.5, 0.6) is 0 Å². The van der Waals surface area contributed by atoms with Gasteiger partial charge in [0.2, 0.25) is 5.91 Å². The molecule has 5 heteroatoms. The molecule has 0 saturated carbocycles. The van der Waals surface area contributed by atoms with E-state index in [-0.39, 0.29) is 24.5 Å². The number of benzene rings is 2. The van der Waals surface area contributed by atoms with Crippen LogP contribution in [0.4, 0.5) is 10.5 Å². The first-order valence-corrected chi connectivity index (χ1v) is 9.16. The van der Waals surface area contributed by atoms with Crippen molar-refractivity contribution in [1.82, 2.24) is 10.6 Å². The van der Waals surface area contributed by atoms with Crippen LogP contribution in [0.25, 0.3) is 0 Å². The highest BCUT2D eigenvalue weighted by Gasteiger charge is 2.21. The molecule has 136 valence electrons. The summed E-state index contributed by atoms with van der Waals surface area (Å²) < 4.78 is 0. The number of urea groups is 1. The predicted octanol–water partition coefficient (Wildman–Crippen LogP) is 3.56. The third kappa shape index (κ3) is 4.63. The van der Waals surface area contributed by atoms with Crippen LogP contribution in [-0.2, 0) is 17.6 Å². The van der Waals surface area contributed by atoms with Gasteiger partial charge < -0.3 is 16.0 Å². The molecule has 1 aliphatic rings. The van der Waals surface area contributed by atoms with Crippen molar-refractivity contribution in [2.75, 3.05) is 11.9 Å². The highest BCUT2D eigenvalue weighted by atomic mass is 16.2. The summed E-state index contributed by atoms with van der Waals surface area (Å²) in [6.07, 6.45) is 3.95. The molecule has 0 spiro atoms. The number of hydrogen-bond donors (Lipinski definition) is 3. The first-order valence-electron chi connectivity index (χ1n) is 9.16. The van der Waals surface area contributed by atoms with Crippen LogP contribution in [0.1, 0.15) is 42.5 Å². The van der Waals surface area contributed by atoms with E-state index in [1.54, 1.807) is 0 Å². The van der Waals surface area contributed by atoms with Gasteiger partial charge in [0.1, 0.15) is 0 Å². The number of fused-ring (bicyclic) bond motifs is 1. The third-order valence-corrected chi connectivity index (χ3v) is 4.71. The average molecular weight is 351 g/mol. The van der Waals surface area contributed by atoms with Crippen molar-refractivity contribution in [3.63, 3.8) is 0 Å². The molecule has 26 heavy (non-hydrogen) atoms. The van der Waals surface area contributed by atoms with Gasteiger partial charge in [0.25, 0.3) is 0 Å². The maximum Gasteiger partial charge on any atom is 0.319 e. The Bertz CT molecular complexity index is 788. The number of hydrogen-bond acceptors (Lipinski definition) is 2.